The molecular formula is C11H18N2O6SVY-2. The second-order valence-corrected chi connectivity index (χ2v) is 6.15. The van der Waals surface area contributed by atoms with Crippen molar-refractivity contribution in [3.8, 4) is 0 Å². The van der Waals surface area contributed by atoms with Gasteiger partial charge in [-0.2, -0.15) is 10.7 Å². The van der Waals surface area contributed by atoms with Gasteiger partial charge in [0.1, 0.15) is 6.04 Å². The average Bonchev–Trinajstić information content (AvgIpc) is 2.86. The van der Waals surface area contributed by atoms with E-state index in [1.165, 1.54) is 0 Å². The third kappa shape index (κ3) is 8.17. The van der Waals surface area contributed by atoms with E-state index >= 15 is 0 Å². The van der Waals surface area contributed by atoms with Crippen molar-refractivity contribution in [2.75, 3.05) is 12.8 Å². The molecule has 1 fully saturated rings. The SMILES string of the molecule is [CH-]=O.[CH2-]C[C@H](NC(=O)[C@@H]1CCCN1S(C)(=O)=O)C(=O)O.[V].[Y]. The number of hydrogen-bond donors (Lipinski definition) is 2. The summed E-state index contributed by atoms with van der Waals surface area (Å²) < 4.78 is 24.0. The maximum atomic E-state index is 11.9. The predicted molar refractivity (Wildman–Crippen MR) is 70.9 cm³/mol. The van der Waals surface area contributed by atoms with Crippen molar-refractivity contribution in [1.82, 2.24) is 9.62 Å². The molecule has 1 rings (SSSR count). The van der Waals surface area contributed by atoms with Gasteiger partial charge in [-0.3, -0.25) is 16.4 Å². The maximum absolute atomic E-state index is 11.9. The molecule has 11 heteroatoms. The van der Waals surface area contributed by atoms with Gasteiger partial charge in [0.2, 0.25) is 15.9 Å². The van der Waals surface area contributed by atoms with Crippen LogP contribution in [0.1, 0.15) is 19.3 Å². The number of aliphatic carboxylic acids is 1. The molecule has 1 amide bonds. The van der Waals surface area contributed by atoms with Crippen LogP contribution >= 0.6 is 0 Å². The van der Waals surface area contributed by atoms with Gasteiger partial charge in [0.15, 0.2) is 0 Å². The van der Waals surface area contributed by atoms with E-state index in [0.29, 0.717) is 19.4 Å². The summed E-state index contributed by atoms with van der Waals surface area (Å²) in [6, 6.07) is -1.90. The number of rotatable bonds is 5. The second-order valence-electron chi connectivity index (χ2n) is 4.22. The standard InChI is InChI=1S/C10H17N2O5S.CHO.V.Y/c1-3-7(10(14)15)11-9(13)8-5-4-6-12(8)18(2,16)17;1-2;;/h7-8H,1,3-6H2,2H3,(H,11,13)(H,14,15);1H;;/q2*-1;;/t7-,8-;;;/m0.../s1. The third-order valence-electron chi connectivity index (χ3n) is 2.84. The fourth-order valence-electron chi connectivity index (χ4n) is 1.92. The van der Waals surface area contributed by atoms with Crippen LogP contribution in [0, 0.1) is 6.92 Å². The molecule has 0 saturated carbocycles. The minimum atomic E-state index is -3.45. The molecule has 124 valence electrons. The fraction of sp³-hybridized carbons (Fsp3) is 0.636. The largest absolute Gasteiger partial charge is 0.545 e. The summed E-state index contributed by atoms with van der Waals surface area (Å²) in [5.74, 6) is -1.75. The summed E-state index contributed by atoms with van der Waals surface area (Å²) in [6.45, 7) is 6.97. The molecule has 2 atom stereocenters. The zero-order chi connectivity index (χ0) is 15.9. The van der Waals surface area contributed by atoms with Crippen molar-refractivity contribution in [2.45, 2.75) is 31.3 Å². The summed E-state index contributed by atoms with van der Waals surface area (Å²) >= 11 is 0. The minimum absolute atomic E-state index is 0. The fourth-order valence-corrected chi connectivity index (χ4v) is 3.05. The summed E-state index contributed by atoms with van der Waals surface area (Å²) in [4.78, 5) is 30.4. The summed E-state index contributed by atoms with van der Waals surface area (Å²) in [6.07, 6.45) is 2.04. The van der Waals surface area contributed by atoms with E-state index in [9.17, 15) is 18.0 Å². The van der Waals surface area contributed by atoms with Gasteiger partial charge in [0.05, 0.1) is 12.3 Å². The van der Waals surface area contributed by atoms with Crippen LogP contribution in [-0.4, -0.2) is 61.4 Å². The van der Waals surface area contributed by atoms with Crippen LogP contribution in [0.15, 0.2) is 0 Å². The van der Waals surface area contributed by atoms with Gasteiger partial charge in [-0.05, 0) is 12.8 Å². The van der Waals surface area contributed by atoms with E-state index < -0.39 is 34.0 Å². The molecule has 8 nitrogen and oxygen atoms in total. The zero-order valence-corrected chi connectivity index (χ0v) is 17.2. The van der Waals surface area contributed by atoms with Gasteiger partial charge >= 0.3 is 5.97 Å². The third-order valence-corrected chi connectivity index (χ3v) is 4.12. The molecule has 22 heavy (non-hydrogen) atoms. The van der Waals surface area contributed by atoms with E-state index in [0.717, 1.165) is 10.6 Å². The number of nitrogens with one attached hydrogen (secondary N) is 1. The number of carbonyl (C=O) groups is 2. The first kappa shape index (κ1) is 27.1. The Kier molecular flexibility index (Phi) is 15.5. The summed E-state index contributed by atoms with van der Waals surface area (Å²) in [7, 11) is -3.45. The monoisotopic (exact) mass is 446 g/mol. The molecule has 1 aliphatic rings. The number of carbonyl (C=O) groups excluding carboxylic acids is 2. The van der Waals surface area contributed by atoms with Crippen LogP contribution in [0.5, 0.6) is 0 Å². The van der Waals surface area contributed by atoms with E-state index in [-0.39, 0.29) is 57.7 Å². The van der Waals surface area contributed by atoms with Crippen LogP contribution in [0.3, 0.4) is 0 Å². The van der Waals surface area contributed by atoms with Gasteiger partial charge < -0.3 is 22.1 Å². The van der Waals surface area contributed by atoms with Gasteiger partial charge in [-0.25, -0.2) is 8.42 Å². The molecule has 1 saturated heterocycles. The molecule has 2 radical (unpaired) electrons. The van der Waals surface area contributed by atoms with Crippen LogP contribution in [0.25, 0.3) is 0 Å². The normalized spacial score (nSPS) is 18.7. The van der Waals surface area contributed by atoms with Crippen LogP contribution in [0.2, 0.25) is 0 Å². The van der Waals surface area contributed by atoms with Crippen LogP contribution < -0.4 is 5.32 Å². The quantitative estimate of drug-likeness (QED) is 0.410. The Hall–Kier alpha value is 0.208. The minimum Gasteiger partial charge on any atom is -0.545 e. The molecule has 0 aromatic carbocycles. The Morgan fingerprint density at radius 1 is 1.45 bits per heavy atom. The molecular weight excluding hydrogens is 428 g/mol. The molecule has 2 N–H and O–H groups in total. The first-order valence-electron chi connectivity index (χ1n) is 5.80. The number of carboxylic acids is 1. The topological polar surface area (TPSA) is 121 Å². The molecule has 1 aliphatic heterocycles. The molecule has 0 unspecified atom stereocenters. The Morgan fingerprint density at radius 2 is 1.95 bits per heavy atom. The van der Waals surface area contributed by atoms with Crippen LogP contribution in [0.4, 0.5) is 0 Å². The maximum Gasteiger partial charge on any atom is 0.323 e. The number of amides is 1. The molecule has 1 heterocycles. The number of nitrogens with zero attached hydrogens (tertiary/aromatic N) is 1. The van der Waals surface area contributed by atoms with Crippen LogP contribution in [-0.2, 0) is 75.7 Å². The summed E-state index contributed by atoms with van der Waals surface area (Å²) in [5, 5.41) is 11.1. The van der Waals surface area contributed by atoms with Crippen molar-refractivity contribution >= 4 is 28.7 Å². The molecule has 0 aliphatic carbocycles. The Morgan fingerprint density at radius 3 is 2.32 bits per heavy atom. The van der Waals surface area contributed by atoms with E-state index in [2.05, 4.69) is 19.0 Å². The smallest absolute Gasteiger partial charge is 0.323 e. The van der Waals surface area contributed by atoms with Crippen molar-refractivity contribution in [2.24, 2.45) is 0 Å². The number of sulfonamides is 1. The van der Waals surface area contributed by atoms with Crippen molar-refractivity contribution in [3.63, 3.8) is 0 Å². The number of hydrogen-bond acceptors (Lipinski definition) is 5. The number of carboxylic acid groups (broad SMARTS) is 1. The zero-order valence-electron chi connectivity index (χ0n) is 12.1. The average molecular weight is 446 g/mol. The predicted octanol–water partition coefficient (Wildman–Crippen LogP) is -1.08. The van der Waals surface area contributed by atoms with E-state index in [1.54, 1.807) is 0 Å². The van der Waals surface area contributed by atoms with Gasteiger partial charge in [-0.1, -0.05) is 0 Å². The Balaban J connectivity index is -0.000000864. The van der Waals surface area contributed by atoms with E-state index in [4.69, 9.17) is 9.90 Å². The van der Waals surface area contributed by atoms with Gasteiger partial charge in [-0.15, -0.1) is 0 Å². The summed E-state index contributed by atoms with van der Waals surface area (Å²) in [5.41, 5.74) is 0. The van der Waals surface area contributed by atoms with Crippen molar-refractivity contribution in [3.05, 3.63) is 6.92 Å². The first-order chi connectivity index (χ1) is 9.27. The Bertz CT molecular complexity index is 461. The van der Waals surface area contributed by atoms with Crippen molar-refractivity contribution < 1.29 is 79.2 Å². The Labute approximate surface area is 167 Å². The van der Waals surface area contributed by atoms with E-state index in [1.807, 2.05) is 0 Å². The molecule has 0 bridgehead atoms. The molecule has 0 spiro atoms. The second kappa shape index (κ2) is 12.6. The van der Waals surface area contributed by atoms with Crippen molar-refractivity contribution in [1.29, 1.82) is 0 Å². The molecule has 0 aromatic rings. The first-order valence-corrected chi connectivity index (χ1v) is 7.65. The molecule has 0 aromatic heterocycles. The van der Waals surface area contributed by atoms with Gasteiger partial charge in [0.25, 0.3) is 0 Å². The van der Waals surface area contributed by atoms with Gasteiger partial charge in [0, 0.05) is 57.8 Å².